The van der Waals surface area contributed by atoms with Crippen LogP contribution in [0.5, 0.6) is 0 Å². The lowest BCUT2D eigenvalue weighted by Crippen LogP contribution is -2.51. The van der Waals surface area contributed by atoms with Gasteiger partial charge in [-0.2, -0.15) is 13.2 Å². The lowest BCUT2D eigenvalue weighted by Gasteiger charge is -2.34. The molecule has 174 valence electrons. The van der Waals surface area contributed by atoms with Crippen LogP contribution < -0.4 is 10.6 Å². The second kappa shape index (κ2) is 11.3. The molecule has 1 heterocycles. The maximum absolute atomic E-state index is 13.9. The monoisotopic (exact) mass is 449 g/mol. The van der Waals surface area contributed by atoms with Crippen molar-refractivity contribution in [1.82, 2.24) is 20.4 Å². The summed E-state index contributed by atoms with van der Waals surface area (Å²) in [6.07, 6.45) is -2.90. The number of amides is 1. The maximum Gasteiger partial charge on any atom is 0.406 e. The van der Waals surface area contributed by atoms with Gasteiger partial charge in [0.1, 0.15) is 24.7 Å². The highest BCUT2D eigenvalue weighted by Gasteiger charge is 2.31. The van der Waals surface area contributed by atoms with Crippen molar-refractivity contribution >= 4 is 11.9 Å². The van der Waals surface area contributed by atoms with E-state index in [1.54, 1.807) is 0 Å². The van der Waals surface area contributed by atoms with Gasteiger partial charge >= 0.3 is 6.18 Å². The standard InChI is InChI=1S/C20H28F5N5O/c1-3-26-19(27-10-18(31)29(2)13-20(23,24)25)28-14-6-5-9-30(11-14)12-15-16(21)7-4-8-17(15)22/h4,7-8,14H,3,5-6,9-13H2,1-2H3,(H2,26,27,28). The normalized spacial score (nSPS) is 18.0. The molecule has 0 radical (unpaired) electrons. The Kier molecular flexibility index (Phi) is 9.02. The molecule has 31 heavy (non-hydrogen) atoms. The summed E-state index contributed by atoms with van der Waals surface area (Å²) in [4.78, 5) is 18.5. The van der Waals surface area contributed by atoms with Crippen molar-refractivity contribution in [3.8, 4) is 0 Å². The van der Waals surface area contributed by atoms with Crippen LogP contribution in [-0.4, -0.2) is 73.7 Å². The number of nitrogens with zero attached hydrogens (tertiary/aromatic N) is 3. The van der Waals surface area contributed by atoms with Crippen LogP contribution in [0.3, 0.4) is 0 Å². The molecule has 1 aromatic rings. The molecule has 1 amide bonds. The van der Waals surface area contributed by atoms with Crippen LogP contribution in [-0.2, 0) is 11.3 Å². The number of halogens is 5. The van der Waals surface area contributed by atoms with Crippen molar-refractivity contribution in [3.05, 3.63) is 35.4 Å². The molecule has 1 fully saturated rings. The lowest BCUT2D eigenvalue weighted by atomic mass is 10.0. The smallest absolute Gasteiger partial charge is 0.357 e. The van der Waals surface area contributed by atoms with Gasteiger partial charge in [-0.3, -0.25) is 9.69 Å². The van der Waals surface area contributed by atoms with E-state index in [1.165, 1.54) is 18.2 Å². The predicted octanol–water partition coefficient (Wildman–Crippen LogP) is 2.50. The van der Waals surface area contributed by atoms with Gasteiger partial charge in [0.05, 0.1) is 0 Å². The first-order chi connectivity index (χ1) is 14.6. The summed E-state index contributed by atoms with van der Waals surface area (Å²) in [5.74, 6) is -1.63. The number of benzene rings is 1. The van der Waals surface area contributed by atoms with Gasteiger partial charge in [0.25, 0.3) is 0 Å². The zero-order chi connectivity index (χ0) is 23.0. The minimum atomic E-state index is -4.47. The third kappa shape index (κ3) is 8.31. The fourth-order valence-corrected chi connectivity index (χ4v) is 3.36. The van der Waals surface area contributed by atoms with Crippen molar-refractivity contribution in [2.75, 3.05) is 39.8 Å². The topological polar surface area (TPSA) is 60.0 Å². The first kappa shape index (κ1) is 24.8. The number of hydrogen-bond acceptors (Lipinski definition) is 3. The number of aliphatic imine (C=N–C) groups is 1. The van der Waals surface area contributed by atoms with E-state index in [2.05, 4.69) is 15.6 Å². The van der Waals surface area contributed by atoms with Crippen molar-refractivity contribution in [1.29, 1.82) is 0 Å². The number of piperidine rings is 1. The molecular weight excluding hydrogens is 421 g/mol. The van der Waals surface area contributed by atoms with E-state index in [1.807, 2.05) is 11.8 Å². The second-order valence-corrected chi connectivity index (χ2v) is 7.48. The predicted molar refractivity (Wildman–Crippen MR) is 107 cm³/mol. The van der Waals surface area contributed by atoms with Crippen molar-refractivity contribution in [2.24, 2.45) is 4.99 Å². The summed E-state index contributed by atoms with van der Waals surface area (Å²) in [5, 5.41) is 6.12. The summed E-state index contributed by atoms with van der Waals surface area (Å²) >= 11 is 0. The highest BCUT2D eigenvalue weighted by molar-refractivity contribution is 5.85. The molecule has 1 saturated heterocycles. The molecule has 0 spiro atoms. The third-order valence-electron chi connectivity index (χ3n) is 4.85. The Bertz CT molecular complexity index is 751. The minimum Gasteiger partial charge on any atom is -0.357 e. The molecule has 2 rings (SSSR count). The second-order valence-electron chi connectivity index (χ2n) is 7.48. The number of alkyl halides is 3. The molecule has 0 aromatic heterocycles. The molecule has 1 unspecified atom stereocenters. The first-order valence-electron chi connectivity index (χ1n) is 10.1. The van der Waals surface area contributed by atoms with E-state index < -0.39 is 36.8 Å². The Hall–Kier alpha value is -2.43. The molecule has 1 aliphatic heterocycles. The molecule has 2 N–H and O–H groups in total. The van der Waals surface area contributed by atoms with Crippen LogP contribution in [0.15, 0.2) is 23.2 Å². The third-order valence-corrected chi connectivity index (χ3v) is 4.85. The number of rotatable bonds is 7. The van der Waals surface area contributed by atoms with Gasteiger partial charge in [0.15, 0.2) is 5.96 Å². The molecular formula is C20H28F5N5O. The van der Waals surface area contributed by atoms with Gasteiger partial charge in [0.2, 0.25) is 5.91 Å². The zero-order valence-electron chi connectivity index (χ0n) is 17.6. The lowest BCUT2D eigenvalue weighted by molar-refractivity contribution is -0.157. The van der Waals surface area contributed by atoms with Crippen molar-refractivity contribution < 1.29 is 26.7 Å². The molecule has 11 heteroatoms. The summed E-state index contributed by atoms with van der Waals surface area (Å²) in [7, 11) is 1.08. The van der Waals surface area contributed by atoms with Crippen LogP contribution in [0.4, 0.5) is 22.0 Å². The number of hydrogen-bond donors (Lipinski definition) is 2. The van der Waals surface area contributed by atoms with Crippen molar-refractivity contribution in [2.45, 2.75) is 38.5 Å². The van der Waals surface area contributed by atoms with Gasteiger partial charge in [-0.15, -0.1) is 0 Å². The quantitative estimate of drug-likeness (QED) is 0.382. The fourth-order valence-electron chi connectivity index (χ4n) is 3.36. The molecule has 0 saturated carbocycles. The van der Waals surface area contributed by atoms with Gasteiger partial charge in [0, 0.05) is 38.3 Å². The van der Waals surface area contributed by atoms with E-state index in [4.69, 9.17) is 0 Å². The van der Waals surface area contributed by atoms with Gasteiger partial charge < -0.3 is 15.5 Å². The first-order valence-corrected chi connectivity index (χ1v) is 10.1. The van der Waals surface area contributed by atoms with Gasteiger partial charge in [-0.25, -0.2) is 13.8 Å². The van der Waals surface area contributed by atoms with Crippen LogP contribution in [0, 0.1) is 11.6 Å². The Morgan fingerprint density at radius 3 is 2.58 bits per heavy atom. The fraction of sp³-hybridized carbons (Fsp3) is 0.600. The van der Waals surface area contributed by atoms with E-state index in [0.29, 0.717) is 30.5 Å². The van der Waals surface area contributed by atoms with Crippen LogP contribution in [0.1, 0.15) is 25.3 Å². The average Bonchev–Trinajstić information content (AvgIpc) is 2.68. The van der Waals surface area contributed by atoms with E-state index in [0.717, 1.165) is 19.9 Å². The highest BCUT2D eigenvalue weighted by Crippen LogP contribution is 2.18. The zero-order valence-corrected chi connectivity index (χ0v) is 17.6. The molecule has 1 aromatic carbocycles. The number of guanidine groups is 1. The van der Waals surface area contributed by atoms with Crippen LogP contribution >= 0.6 is 0 Å². The highest BCUT2D eigenvalue weighted by atomic mass is 19.4. The number of likely N-dealkylation sites (N-methyl/N-ethyl adjacent to an activating group) is 1. The Morgan fingerprint density at radius 2 is 1.97 bits per heavy atom. The van der Waals surface area contributed by atoms with E-state index in [-0.39, 0.29) is 18.2 Å². The minimum absolute atomic E-state index is 0.0158. The summed E-state index contributed by atoms with van der Waals surface area (Å²) < 4.78 is 65.2. The number of nitrogens with one attached hydrogen (secondary N) is 2. The maximum atomic E-state index is 13.9. The molecule has 0 bridgehead atoms. The number of likely N-dealkylation sites (tertiary alicyclic amines) is 1. The number of carbonyl (C=O) groups is 1. The summed E-state index contributed by atoms with van der Waals surface area (Å²) in [6, 6.07) is 3.67. The van der Waals surface area contributed by atoms with Gasteiger partial charge in [-0.1, -0.05) is 6.07 Å². The van der Waals surface area contributed by atoms with Crippen molar-refractivity contribution in [3.63, 3.8) is 0 Å². The van der Waals surface area contributed by atoms with Crippen LogP contribution in [0.2, 0.25) is 0 Å². The van der Waals surface area contributed by atoms with Gasteiger partial charge in [-0.05, 0) is 38.4 Å². The Labute approximate surface area is 178 Å². The molecule has 1 aliphatic rings. The SMILES string of the molecule is CCNC(=NCC(=O)N(C)CC(F)(F)F)NC1CCCN(Cc2c(F)cccc2F)C1. The largest absolute Gasteiger partial charge is 0.406 e. The molecule has 1 atom stereocenters. The average molecular weight is 449 g/mol. The number of carbonyl (C=O) groups excluding carboxylic acids is 1. The van der Waals surface area contributed by atoms with E-state index >= 15 is 0 Å². The summed E-state index contributed by atoms with van der Waals surface area (Å²) in [5.41, 5.74) is 0.0158. The Morgan fingerprint density at radius 1 is 1.29 bits per heavy atom. The van der Waals surface area contributed by atoms with E-state index in [9.17, 15) is 26.7 Å². The molecule has 0 aliphatic carbocycles. The Balaban J connectivity index is 1.95. The molecule has 6 nitrogen and oxygen atoms in total. The summed E-state index contributed by atoms with van der Waals surface area (Å²) in [6.45, 7) is 1.86. The van der Waals surface area contributed by atoms with Crippen LogP contribution in [0.25, 0.3) is 0 Å².